The Morgan fingerprint density at radius 1 is 1.04 bits per heavy atom. The number of aromatic hydroxyl groups is 1. The average molecular weight is 376 g/mol. The molecule has 2 aromatic rings. The Balaban J connectivity index is 2.23. The largest absolute Gasteiger partial charge is 0.585 e. The molecule has 0 aliphatic heterocycles. The van der Waals surface area contributed by atoms with Crippen molar-refractivity contribution in [3.63, 3.8) is 0 Å². The maximum atomic E-state index is 12.8. The summed E-state index contributed by atoms with van der Waals surface area (Å²) in [5, 5.41) is 0. The summed E-state index contributed by atoms with van der Waals surface area (Å²) < 4.78 is 36.3. The molecule has 0 radical (unpaired) electrons. The van der Waals surface area contributed by atoms with Crippen LogP contribution in [-0.4, -0.2) is 37.4 Å². The zero-order valence-corrected chi connectivity index (χ0v) is 16.1. The molecule has 5 nitrogen and oxygen atoms in total. The minimum Gasteiger partial charge on any atom is -0.585 e. The van der Waals surface area contributed by atoms with Gasteiger partial charge in [0.1, 0.15) is 5.75 Å². The highest BCUT2D eigenvalue weighted by Gasteiger charge is 2.22. The number of aliphatic hydroxyl groups is 1. The van der Waals surface area contributed by atoms with Gasteiger partial charge in [0.25, 0.3) is 5.75 Å². The predicted molar refractivity (Wildman–Crippen MR) is 105 cm³/mol. The summed E-state index contributed by atoms with van der Waals surface area (Å²) >= 11 is 0. The fourth-order valence-corrected chi connectivity index (χ4v) is 3.92. The van der Waals surface area contributed by atoms with Crippen LogP contribution in [0.15, 0.2) is 61.2 Å². The van der Waals surface area contributed by atoms with Crippen LogP contribution < -0.4 is 4.74 Å². The van der Waals surface area contributed by atoms with Gasteiger partial charge in [0.2, 0.25) is 10.0 Å². The summed E-state index contributed by atoms with van der Waals surface area (Å²) in [6.07, 6.45) is 2.05. The van der Waals surface area contributed by atoms with Crippen molar-refractivity contribution < 1.29 is 17.9 Å². The number of hydrogen-bond acceptors (Lipinski definition) is 3. The quantitative estimate of drug-likeness (QED) is 0.471. The van der Waals surface area contributed by atoms with Gasteiger partial charge in [0, 0.05) is 25.2 Å². The average Bonchev–Trinajstić information content (AvgIpc) is 2.67. The molecule has 0 heterocycles. The van der Waals surface area contributed by atoms with E-state index in [9.17, 15) is 8.42 Å². The van der Waals surface area contributed by atoms with Crippen molar-refractivity contribution in [2.45, 2.75) is 19.5 Å². The molecule has 0 fully saturated rings. The van der Waals surface area contributed by atoms with Crippen molar-refractivity contribution in [1.82, 2.24) is 4.31 Å². The van der Waals surface area contributed by atoms with Gasteiger partial charge in [0.05, 0.1) is 12.9 Å². The van der Waals surface area contributed by atoms with Crippen molar-refractivity contribution in [3.8, 4) is 11.5 Å². The molecule has 140 valence electrons. The van der Waals surface area contributed by atoms with Crippen LogP contribution in [0.4, 0.5) is 0 Å². The summed E-state index contributed by atoms with van der Waals surface area (Å²) in [6, 6.07) is 15.0. The van der Waals surface area contributed by atoms with E-state index in [2.05, 4.69) is 11.3 Å². The fourth-order valence-electron chi connectivity index (χ4n) is 2.50. The zero-order chi connectivity index (χ0) is 19.0. The summed E-state index contributed by atoms with van der Waals surface area (Å²) in [7, 11) is -0.0735. The fraction of sp³-hybridized carbons (Fsp3) is 0.300. The van der Waals surface area contributed by atoms with E-state index in [-0.39, 0.29) is 5.75 Å². The van der Waals surface area contributed by atoms with Gasteiger partial charge in [0.15, 0.2) is 7.11 Å². The lowest BCUT2D eigenvalue weighted by Gasteiger charge is -2.22. The molecular formula is C20H26NO4S+. The van der Waals surface area contributed by atoms with Gasteiger partial charge in [-0.2, -0.15) is 4.31 Å². The van der Waals surface area contributed by atoms with Crippen LogP contribution in [0, 0.1) is 0 Å². The van der Waals surface area contributed by atoms with E-state index in [1.165, 1.54) is 4.31 Å². The molecule has 0 saturated carbocycles. The van der Waals surface area contributed by atoms with Gasteiger partial charge in [-0.3, -0.25) is 0 Å². The van der Waals surface area contributed by atoms with Gasteiger partial charge in [-0.1, -0.05) is 18.2 Å². The molecule has 6 heteroatoms. The third kappa shape index (κ3) is 5.61. The van der Waals surface area contributed by atoms with E-state index in [0.29, 0.717) is 19.5 Å². The molecule has 0 atom stereocenters. The highest BCUT2D eigenvalue weighted by atomic mass is 32.2. The van der Waals surface area contributed by atoms with Crippen LogP contribution in [0.2, 0.25) is 0 Å². The predicted octanol–water partition coefficient (Wildman–Crippen LogP) is 3.47. The maximum Gasteiger partial charge on any atom is 0.254 e. The van der Waals surface area contributed by atoms with E-state index < -0.39 is 10.0 Å². The molecule has 0 aliphatic rings. The van der Waals surface area contributed by atoms with Gasteiger partial charge in [-0.05, 0) is 41.8 Å². The topological polar surface area (TPSA) is 59.4 Å². The van der Waals surface area contributed by atoms with Crippen molar-refractivity contribution in [3.05, 3.63) is 72.3 Å². The maximum absolute atomic E-state index is 12.8. The van der Waals surface area contributed by atoms with Crippen molar-refractivity contribution >= 4 is 10.0 Å². The van der Waals surface area contributed by atoms with E-state index in [4.69, 9.17) is 4.74 Å². The number of methoxy groups -OCH3 is 1. The first-order valence-electron chi connectivity index (χ1n) is 8.39. The Labute approximate surface area is 155 Å². The Morgan fingerprint density at radius 2 is 1.58 bits per heavy atom. The van der Waals surface area contributed by atoms with Gasteiger partial charge in [-0.15, -0.1) is 6.58 Å². The van der Waals surface area contributed by atoms with E-state index in [1.807, 2.05) is 48.5 Å². The second-order valence-electron chi connectivity index (χ2n) is 5.90. The number of benzene rings is 2. The molecule has 0 aliphatic carbocycles. The SMILES string of the molecule is C=CCCS(=O)(=O)N(Cc1ccc(OC)cc1)Cc1ccc([OH+]C)cc1. The lowest BCUT2D eigenvalue weighted by molar-refractivity contribution is 0.136. The van der Waals surface area contributed by atoms with Crippen molar-refractivity contribution in [1.29, 1.82) is 0 Å². The van der Waals surface area contributed by atoms with E-state index in [1.54, 1.807) is 20.3 Å². The molecule has 0 saturated heterocycles. The van der Waals surface area contributed by atoms with Gasteiger partial charge < -0.3 is 9.47 Å². The summed E-state index contributed by atoms with van der Waals surface area (Å²) in [4.78, 5) is 0. The Kier molecular flexibility index (Phi) is 7.24. The van der Waals surface area contributed by atoms with Gasteiger partial charge in [-0.25, -0.2) is 8.42 Å². The third-order valence-corrected chi connectivity index (χ3v) is 5.84. The Hall–Kier alpha value is -2.31. The third-order valence-electron chi connectivity index (χ3n) is 4.04. The minimum absolute atomic E-state index is 0.0506. The van der Waals surface area contributed by atoms with Crippen LogP contribution in [0.3, 0.4) is 0 Å². The van der Waals surface area contributed by atoms with E-state index in [0.717, 1.165) is 22.6 Å². The number of rotatable bonds is 10. The first-order valence-corrected chi connectivity index (χ1v) is 10.00. The molecule has 0 spiro atoms. The monoisotopic (exact) mass is 376 g/mol. The summed E-state index contributed by atoms with van der Waals surface area (Å²) in [5.74, 6) is 1.66. The highest BCUT2D eigenvalue weighted by Crippen LogP contribution is 2.20. The number of hydrogen-bond donors (Lipinski definition) is 0. The highest BCUT2D eigenvalue weighted by molar-refractivity contribution is 7.89. The minimum atomic E-state index is -3.40. The van der Waals surface area contributed by atoms with E-state index >= 15 is 0 Å². The number of ether oxygens (including phenoxy) is 2. The number of nitrogens with zero attached hydrogens (tertiary/aromatic N) is 1. The van der Waals surface area contributed by atoms with Crippen LogP contribution in [0.5, 0.6) is 11.5 Å². The van der Waals surface area contributed by atoms with Crippen molar-refractivity contribution in [2.24, 2.45) is 0 Å². The Morgan fingerprint density at radius 3 is 2.04 bits per heavy atom. The number of sulfonamides is 1. The van der Waals surface area contributed by atoms with Crippen molar-refractivity contribution in [2.75, 3.05) is 20.0 Å². The molecule has 0 aromatic heterocycles. The van der Waals surface area contributed by atoms with Gasteiger partial charge >= 0.3 is 0 Å². The molecular weight excluding hydrogens is 350 g/mol. The second kappa shape index (κ2) is 9.40. The first kappa shape index (κ1) is 20.0. The number of allylic oxidation sites excluding steroid dienone is 1. The lowest BCUT2D eigenvalue weighted by Crippen LogP contribution is -2.32. The first-order chi connectivity index (χ1) is 12.5. The summed E-state index contributed by atoms with van der Waals surface area (Å²) in [6.45, 7) is 4.25. The smallest absolute Gasteiger partial charge is 0.254 e. The lowest BCUT2D eigenvalue weighted by atomic mass is 10.2. The second-order valence-corrected chi connectivity index (χ2v) is 7.99. The van der Waals surface area contributed by atoms with Crippen LogP contribution >= 0.6 is 0 Å². The molecule has 26 heavy (non-hydrogen) atoms. The molecule has 2 aromatic carbocycles. The molecule has 1 N–H and O–H groups in total. The standard InChI is InChI=1S/C20H25NO4S/c1-4-5-14-26(22,23)21(15-17-6-10-19(24-2)11-7-17)16-18-8-12-20(25-3)13-9-18/h4,6-13H,1,5,14-16H2,2-3H3/p+1. The van der Waals surface area contributed by atoms with Crippen LogP contribution in [0.1, 0.15) is 17.5 Å². The van der Waals surface area contributed by atoms with Crippen LogP contribution in [0.25, 0.3) is 0 Å². The molecule has 0 bridgehead atoms. The summed E-state index contributed by atoms with van der Waals surface area (Å²) in [5.41, 5.74) is 1.83. The van der Waals surface area contributed by atoms with Crippen LogP contribution in [-0.2, 0) is 23.1 Å². The molecule has 0 unspecified atom stereocenters. The molecule has 0 amide bonds. The molecule has 2 rings (SSSR count). The Bertz CT molecular complexity index is 749. The zero-order valence-electron chi connectivity index (χ0n) is 15.3. The normalized spacial score (nSPS) is 11.3.